The molecule has 106 valence electrons. The monoisotopic (exact) mass is 292 g/mol. The summed E-state index contributed by atoms with van der Waals surface area (Å²) < 4.78 is 0. The molecule has 0 aromatic heterocycles. The van der Waals surface area contributed by atoms with Gasteiger partial charge in [0.15, 0.2) is 0 Å². The molecule has 0 radical (unpaired) electrons. The van der Waals surface area contributed by atoms with E-state index in [1.807, 2.05) is 24.3 Å². The molecule has 1 fully saturated rings. The van der Waals surface area contributed by atoms with Crippen molar-refractivity contribution >= 4 is 23.6 Å². The first kappa shape index (κ1) is 13.5. The number of carboxylic acid groups (broad SMARTS) is 1. The van der Waals surface area contributed by atoms with Crippen LogP contribution in [0.4, 0.5) is 0 Å². The van der Waals surface area contributed by atoms with Gasteiger partial charge in [0.05, 0.1) is 11.8 Å². The van der Waals surface area contributed by atoms with Crippen LogP contribution in [0.1, 0.15) is 17.0 Å². The van der Waals surface area contributed by atoms with E-state index in [4.69, 9.17) is 0 Å². The minimum Gasteiger partial charge on any atom is -0.480 e. The highest BCUT2D eigenvalue weighted by Gasteiger charge is 2.39. The molecule has 2 N–H and O–H groups in total. The topological polar surface area (TPSA) is 69.6 Å². The van der Waals surface area contributed by atoms with Crippen LogP contribution in [0.2, 0.25) is 0 Å². The molecule has 2 aliphatic rings. The van der Waals surface area contributed by atoms with E-state index in [1.54, 1.807) is 0 Å². The van der Waals surface area contributed by atoms with Crippen molar-refractivity contribution in [3.63, 3.8) is 0 Å². The first-order valence-corrected chi connectivity index (χ1v) is 7.73. The molecule has 2 atom stereocenters. The standard InChI is InChI=1S/C14H16N2O3S/c17-13(16-8-20-7-12(16)14(18)19)11-6-15-5-9-3-1-2-4-10(9)11/h1-4,11-12,15H,5-8H2,(H,18,19)/t11?,12-/m0/s1. The van der Waals surface area contributed by atoms with Crippen LogP contribution in [0.15, 0.2) is 24.3 Å². The quantitative estimate of drug-likeness (QED) is 0.846. The molecule has 0 aliphatic carbocycles. The van der Waals surface area contributed by atoms with E-state index in [1.165, 1.54) is 16.7 Å². The summed E-state index contributed by atoms with van der Waals surface area (Å²) in [7, 11) is 0. The lowest BCUT2D eigenvalue weighted by Gasteiger charge is -2.30. The van der Waals surface area contributed by atoms with Crippen LogP contribution in [-0.2, 0) is 16.1 Å². The fourth-order valence-corrected chi connectivity index (χ4v) is 3.94. The minimum absolute atomic E-state index is 0.0814. The van der Waals surface area contributed by atoms with E-state index in [-0.39, 0.29) is 11.8 Å². The Morgan fingerprint density at radius 2 is 2.15 bits per heavy atom. The zero-order chi connectivity index (χ0) is 14.1. The van der Waals surface area contributed by atoms with Gasteiger partial charge in [-0.1, -0.05) is 24.3 Å². The van der Waals surface area contributed by atoms with Gasteiger partial charge in [0.1, 0.15) is 6.04 Å². The average molecular weight is 292 g/mol. The summed E-state index contributed by atoms with van der Waals surface area (Å²) in [6.07, 6.45) is 0. The highest BCUT2D eigenvalue weighted by Crippen LogP contribution is 2.30. The third-order valence-electron chi connectivity index (χ3n) is 3.84. The Labute approximate surface area is 121 Å². The van der Waals surface area contributed by atoms with E-state index in [9.17, 15) is 14.7 Å². The van der Waals surface area contributed by atoms with Crippen LogP contribution < -0.4 is 5.32 Å². The number of amides is 1. The van der Waals surface area contributed by atoms with Crippen LogP contribution in [0.3, 0.4) is 0 Å². The number of carbonyl (C=O) groups excluding carboxylic acids is 1. The van der Waals surface area contributed by atoms with E-state index < -0.39 is 12.0 Å². The molecule has 5 nitrogen and oxygen atoms in total. The summed E-state index contributed by atoms with van der Waals surface area (Å²) in [6.45, 7) is 1.33. The molecule has 1 saturated heterocycles. The van der Waals surface area contributed by atoms with Gasteiger partial charge in [0, 0.05) is 18.8 Å². The summed E-state index contributed by atoms with van der Waals surface area (Å²) in [6, 6.07) is 7.17. The maximum absolute atomic E-state index is 12.7. The zero-order valence-electron chi connectivity index (χ0n) is 10.9. The van der Waals surface area contributed by atoms with Gasteiger partial charge in [-0.2, -0.15) is 0 Å². The Morgan fingerprint density at radius 1 is 1.35 bits per heavy atom. The van der Waals surface area contributed by atoms with Gasteiger partial charge in [-0.05, 0) is 11.1 Å². The third-order valence-corrected chi connectivity index (χ3v) is 4.86. The van der Waals surface area contributed by atoms with Crippen molar-refractivity contribution in [2.45, 2.75) is 18.5 Å². The molecule has 0 spiro atoms. The van der Waals surface area contributed by atoms with Gasteiger partial charge >= 0.3 is 5.97 Å². The summed E-state index contributed by atoms with van der Waals surface area (Å²) >= 11 is 1.50. The predicted octanol–water partition coefficient (Wildman–Crippen LogP) is 0.859. The first-order valence-electron chi connectivity index (χ1n) is 6.58. The fourth-order valence-electron chi connectivity index (χ4n) is 2.78. The number of nitrogens with one attached hydrogen (secondary N) is 1. The lowest BCUT2D eigenvalue weighted by Crippen LogP contribution is -2.47. The zero-order valence-corrected chi connectivity index (χ0v) is 11.7. The Kier molecular flexibility index (Phi) is 3.67. The predicted molar refractivity (Wildman–Crippen MR) is 76.5 cm³/mol. The van der Waals surface area contributed by atoms with Crippen LogP contribution >= 0.6 is 11.8 Å². The molecule has 6 heteroatoms. The molecular formula is C14H16N2O3S. The number of nitrogens with zero attached hydrogens (tertiary/aromatic N) is 1. The number of rotatable bonds is 2. The number of carbonyl (C=O) groups is 2. The Morgan fingerprint density at radius 3 is 2.95 bits per heavy atom. The largest absolute Gasteiger partial charge is 0.480 e. The molecule has 2 heterocycles. The molecule has 1 aromatic carbocycles. The van der Waals surface area contributed by atoms with E-state index in [0.717, 1.165) is 17.7 Å². The lowest BCUT2D eigenvalue weighted by molar-refractivity contribution is -0.148. The van der Waals surface area contributed by atoms with Crippen LogP contribution in [0, 0.1) is 0 Å². The first-order chi connectivity index (χ1) is 9.68. The fraction of sp³-hybridized carbons (Fsp3) is 0.429. The average Bonchev–Trinajstić information content (AvgIpc) is 2.95. The second-order valence-electron chi connectivity index (χ2n) is 5.04. The number of fused-ring (bicyclic) bond motifs is 1. The molecule has 3 rings (SSSR count). The third kappa shape index (κ3) is 2.29. The number of carboxylic acids is 1. The van der Waals surface area contributed by atoms with E-state index >= 15 is 0 Å². The number of hydrogen-bond acceptors (Lipinski definition) is 4. The minimum atomic E-state index is -0.916. The van der Waals surface area contributed by atoms with Crippen molar-refractivity contribution in [1.82, 2.24) is 10.2 Å². The maximum atomic E-state index is 12.7. The Hall–Kier alpha value is -1.53. The van der Waals surface area contributed by atoms with Crippen molar-refractivity contribution in [1.29, 1.82) is 0 Å². The van der Waals surface area contributed by atoms with Crippen LogP contribution in [-0.4, -0.2) is 46.1 Å². The maximum Gasteiger partial charge on any atom is 0.327 e. The van der Waals surface area contributed by atoms with Gasteiger partial charge in [0.2, 0.25) is 5.91 Å². The molecule has 20 heavy (non-hydrogen) atoms. The molecule has 1 unspecified atom stereocenters. The molecule has 0 saturated carbocycles. The van der Waals surface area contributed by atoms with Gasteiger partial charge < -0.3 is 15.3 Å². The van der Waals surface area contributed by atoms with Crippen molar-refractivity contribution in [3.8, 4) is 0 Å². The van der Waals surface area contributed by atoms with Gasteiger partial charge in [-0.25, -0.2) is 4.79 Å². The van der Waals surface area contributed by atoms with Crippen LogP contribution in [0.5, 0.6) is 0 Å². The summed E-state index contributed by atoms with van der Waals surface area (Å²) in [5.74, 6) is -0.333. The molecule has 2 aliphatic heterocycles. The van der Waals surface area contributed by atoms with E-state index in [0.29, 0.717) is 18.2 Å². The van der Waals surface area contributed by atoms with Gasteiger partial charge in [-0.3, -0.25) is 4.79 Å². The van der Waals surface area contributed by atoms with Crippen molar-refractivity contribution in [2.75, 3.05) is 18.2 Å². The molecule has 1 aromatic rings. The van der Waals surface area contributed by atoms with Gasteiger partial charge in [-0.15, -0.1) is 11.8 Å². The Bertz CT molecular complexity index is 549. The van der Waals surface area contributed by atoms with Gasteiger partial charge in [0.25, 0.3) is 0 Å². The number of aliphatic carboxylic acids is 1. The lowest BCUT2D eigenvalue weighted by atomic mass is 9.89. The molecule has 1 amide bonds. The highest BCUT2D eigenvalue weighted by molar-refractivity contribution is 7.99. The van der Waals surface area contributed by atoms with Crippen molar-refractivity contribution in [3.05, 3.63) is 35.4 Å². The Balaban J connectivity index is 1.87. The number of thioether (sulfide) groups is 1. The van der Waals surface area contributed by atoms with Crippen LogP contribution in [0.25, 0.3) is 0 Å². The number of benzene rings is 1. The SMILES string of the molecule is O=C(O)[C@@H]1CSCN1C(=O)C1CNCc2ccccc21. The second-order valence-corrected chi connectivity index (χ2v) is 6.04. The second kappa shape index (κ2) is 5.46. The summed E-state index contributed by atoms with van der Waals surface area (Å²) in [5, 5.41) is 12.4. The van der Waals surface area contributed by atoms with Crippen molar-refractivity contribution < 1.29 is 14.7 Å². The summed E-state index contributed by atoms with van der Waals surface area (Å²) in [4.78, 5) is 25.4. The molecule has 0 bridgehead atoms. The number of hydrogen-bond donors (Lipinski definition) is 2. The van der Waals surface area contributed by atoms with E-state index in [2.05, 4.69) is 5.32 Å². The highest BCUT2D eigenvalue weighted by atomic mass is 32.2. The summed E-state index contributed by atoms with van der Waals surface area (Å²) in [5.41, 5.74) is 2.15. The molecular weight excluding hydrogens is 276 g/mol. The van der Waals surface area contributed by atoms with Crippen molar-refractivity contribution in [2.24, 2.45) is 0 Å². The smallest absolute Gasteiger partial charge is 0.327 e. The normalized spacial score (nSPS) is 25.3.